The Hall–Kier alpha value is -4.98. The number of rotatable bonds is 10. The third-order valence-electron chi connectivity index (χ3n) is 7.39. The van der Waals surface area contributed by atoms with Gasteiger partial charge < -0.3 is 19.0 Å². The number of carbonyl (C=O) groups is 3. The number of carbonyl (C=O) groups excluding carboxylic acids is 3. The van der Waals surface area contributed by atoms with Gasteiger partial charge in [-0.05, 0) is 55.3 Å². The Morgan fingerprint density at radius 2 is 1.64 bits per heavy atom. The number of imidazole rings is 1. The van der Waals surface area contributed by atoms with E-state index in [9.17, 15) is 14.4 Å². The molecule has 0 radical (unpaired) electrons. The van der Waals surface area contributed by atoms with Crippen LogP contribution in [0.4, 0.5) is 5.69 Å². The molecule has 1 amide bonds. The van der Waals surface area contributed by atoms with Gasteiger partial charge in [0, 0.05) is 41.3 Å². The molecule has 5 aromatic rings. The zero-order chi connectivity index (χ0) is 29.9. The van der Waals surface area contributed by atoms with Crippen molar-refractivity contribution in [3.05, 3.63) is 115 Å². The maximum Gasteiger partial charge on any atom is 0.316 e. The number of anilines is 1. The van der Waals surface area contributed by atoms with Gasteiger partial charge in [-0.2, -0.15) is 0 Å². The average Bonchev–Trinajstić information content (AvgIpc) is 3.62. The molecule has 0 spiro atoms. The molecule has 8 nitrogen and oxygen atoms in total. The van der Waals surface area contributed by atoms with Crippen molar-refractivity contribution in [2.75, 3.05) is 11.9 Å². The van der Waals surface area contributed by atoms with Crippen LogP contribution in [0.5, 0.6) is 0 Å². The highest BCUT2D eigenvalue weighted by atomic mass is 16.5. The Bertz CT molecular complexity index is 1730. The topological polar surface area (TPSA) is 94.7 Å². The third kappa shape index (κ3) is 5.74. The van der Waals surface area contributed by atoms with Gasteiger partial charge in [-0.15, -0.1) is 0 Å². The number of nitrogens with one attached hydrogen (secondary N) is 1. The molecule has 0 aliphatic rings. The Kier molecular flexibility index (Phi) is 8.06. The summed E-state index contributed by atoms with van der Waals surface area (Å²) in [6, 6.07) is 23.9. The molecular formula is C34H34N4O4. The number of benzene rings is 2. The van der Waals surface area contributed by atoms with Crippen molar-refractivity contribution in [1.29, 1.82) is 0 Å². The first-order chi connectivity index (χ1) is 20.2. The van der Waals surface area contributed by atoms with Gasteiger partial charge in [0.15, 0.2) is 0 Å². The number of hydrogen-bond donors (Lipinski definition) is 1. The summed E-state index contributed by atoms with van der Waals surface area (Å²) in [7, 11) is 0. The van der Waals surface area contributed by atoms with Gasteiger partial charge in [-0.25, -0.2) is 4.98 Å². The van der Waals surface area contributed by atoms with Gasteiger partial charge in [0.1, 0.15) is 18.1 Å². The number of pyridine rings is 1. The second-order valence-electron chi connectivity index (χ2n) is 11.0. The third-order valence-corrected chi connectivity index (χ3v) is 7.39. The maximum atomic E-state index is 13.5. The molecule has 42 heavy (non-hydrogen) atoms. The second kappa shape index (κ2) is 11.9. The molecule has 0 bridgehead atoms. The number of amides is 1. The first-order valence-electron chi connectivity index (χ1n) is 14.0. The van der Waals surface area contributed by atoms with Crippen LogP contribution >= 0.6 is 0 Å². The predicted molar refractivity (Wildman–Crippen MR) is 163 cm³/mol. The molecular weight excluding hydrogens is 528 g/mol. The van der Waals surface area contributed by atoms with Gasteiger partial charge in [-0.3, -0.25) is 14.4 Å². The van der Waals surface area contributed by atoms with E-state index in [2.05, 4.69) is 24.1 Å². The number of hydrogen-bond acceptors (Lipinski definition) is 5. The van der Waals surface area contributed by atoms with E-state index in [-0.39, 0.29) is 18.5 Å². The van der Waals surface area contributed by atoms with E-state index in [4.69, 9.17) is 4.74 Å². The second-order valence-corrected chi connectivity index (χ2v) is 11.0. The van der Waals surface area contributed by atoms with E-state index in [1.807, 2.05) is 65.4 Å². The normalized spacial score (nSPS) is 11.5. The van der Waals surface area contributed by atoms with E-state index in [0.29, 0.717) is 23.5 Å². The highest BCUT2D eigenvalue weighted by molar-refractivity contribution is 6.47. The van der Waals surface area contributed by atoms with E-state index >= 15 is 0 Å². The largest absolute Gasteiger partial charge is 0.463 e. The van der Waals surface area contributed by atoms with Crippen LogP contribution in [0.3, 0.4) is 0 Å². The highest BCUT2D eigenvalue weighted by Crippen LogP contribution is 2.29. The summed E-state index contributed by atoms with van der Waals surface area (Å²) in [6.45, 7) is 8.49. The SMILES string of the molecule is CC(C)c1nccn1CCOC(=O)C(C)(C)c1ccc(NC(=O)C(=O)c2c(-c3ccccc3)cc3ccccn23)cc1. The van der Waals surface area contributed by atoms with Crippen LogP contribution in [0.2, 0.25) is 0 Å². The van der Waals surface area contributed by atoms with Crippen LogP contribution in [0.15, 0.2) is 97.5 Å². The summed E-state index contributed by atoms with van der Waals surface area (Å²) < 4.78 is 9.34. The lowest BCUT2D eigenvalue weighted by atomic mass is 9.84. The van der Waals surface area contributed by atoms with Gasteiger partial charge in [0.2, 0.25) is 0 Å². The summed E-state index contributed by atoms with van der Waals surface area (Å²) >= 11 is 0. The number of fused-ring (bicyclic) bond motifs is 1. The van der Waals surface area contributed by atoms with Crippen LogP contribution in [0.1, 0.15) is 55.5 Å². The first kappa shape index (κ1) is 28.5. The first-order valence-corrected chi connectivity index (χ1v) is 14.0. The van der Waals surface area contributed by atoms with Crippen LogP contribution < -0.4 is 5.32 Å². The minimum absolute atomic E-state index is 0.230. The molecule has 8 heteroatoms. The standard InChI is InChI=1S/C34H34N4O4/c1-23(2)31-35-17-19-37(31)20-21-42-33(41)34(3,4)25-13-15-26(16-14-25)36-32(40)30(39)29-28(24-10-6-5-7-11-24)22-27-12-8-9-18-38(27)29/h5-19,22-23H,20-21H2,1-4H3,(H,36,40). The van der Waals surface area contributed by atoms with E-state index in [1.54, 1.807) is 54.9 Å². The number of ether oxygens (including phenoxy) is 1. The molecule has 0 atom stereocenters. The molecule has 2 aromatic carbocycles. The molecule has 0 aliphatic heterocycles. The Morgan fingerprint density at radius 1 is 0.929 bits per heavy atom. The quantitative estimate of drug-likeness (QED) is 0.123. The van der Waals surface area contributed by atoms with Crippen molar-refractivity contribution in [1.82, 2.24) is 14.0 Å². The lowest BCUT2D eigenvalue weighted by Gasteiger charge is -2.23. The molecule has 0 saturated heterocycles. The molecule has 0 fully saturated rings. The summed E-state index contributed by atoms with van der Waals surface area (Å²) in [6.07, 6.45) is 5.41. The number of nitrogens with zero attached hydrogens (tertiary/aromatic N) is 3. The number of Topliss-reactive ketones (excluding diaryl/α,β-unsaturated/α-hetero) is 1. The zero-order valence-corrected chi connectivity index (χ0v) is 24.2. The monoisotopic (exact) mass is 562 g/mol. The fourth-order valence-electron chi connectivity index (χ4n) is 5.00. The van der Waals surface area contributed by atoms with Gasteiger partial charge in [0.05, 0.1) is 12.0 Å². The summed E-state index contributed by atoms with van der Waals surface area (Å²) in [5.74, 6) is -0.526. The Balaban J connectivity index is 1.27. The fourth-order valence-corrected chi connectivity index (χ4v) is 5.00. The van der Waals surface area contributed by atoms with E-state index in [0.717, 1.165) is 22.5 Å². The average molecular weight is 563 g/mol. The summed E-state index contributed by atoms with van der Waals surface area (Å²) in [5, 5.41) is 2.72. The number of esters is 1. The summed E-state index contributed by atoms with van der Waals surface area (Å²) in [5.41, 5.74) is 2.91. The fraction of sp³-hybridized carbons (Fsp3) is 0.235. The van der Waals surface area contributed by atoms with Gasteiger partial charge in [-0.1, -0.05) is 62.4 Å². The molecule has 1 N–H and O–H groups in total. The predicted octanol–water partition coefficient (Wildman–Crippen LogP) is 6.27. The molecule has 3 heterocycles. The highest BCUT2D eigenvalue weighted by Gasteiger charge is 2.32. The lowest BCUT2D eigenvalue weighted by Crippen LogP contribution is -2.32. The van der Waals surface area contributed by atoms with Crippen LogP contribution in [0, 0.1) is 0 Å². The van der Waals surface area contributed by atoms with Crippen molar-refractivity contribution in [3.63, 3.8) is 0 Å². The number of aromatic nitrogens is 3. The maximum absolute atomic E-state index is 13.5. The molecule has 0 saturated carbocycles. The zero-order valence-electron chi connectivity index (χ0n) is 24.2. The van der Waals surface area contributed by atoms with Crippen molar-refractivity contribution in [2.45, 2.75) is 45.6 Å². The van der Waals surface area contributed by atoms with Crippen molar-refractivity contribution < 1.29 is 19.1 Å². The van der Waals surface area contributed by atoms with Crippen LogP contribution in [-0.4, -0.2) is 38.2 Å². The lowest BCUT2D eigenvalue weighted by molar-refractivity contribution is -0.149. The number of ketones is 1. The minimum Gasteiger partial charge on any atom is -0.463 e. The van der Waals surface area contributed by atoms with Gasteiger partial charge >= 0.3 is 5.97 Å². The van der Waals surface area contributed by atoms with Crippen molar-refractivity contribution in [3.8, 4) is 11.1 Å². The minimum atomic E-state index is -0.913. The van der Waals surface area contributed by atoms with Crippen molar-refractivity contribution in [2.24, 2.45) is 0 Å². The molecule has 0 aliphatic carbocycles. The molecule has 5 rings (SSSR count). The van der Waals surface area contributed by atoms with Gasteiger partial charge in [0.25, 0.3) is 11.7 Å². The molecule has 3 aromatic heterocycles. The van der Waals surface area contributed by atoms with Crippen LogP contribution in [-0.2, 0) is 26.3 Å². The van der Waals surface area contributed by atoms with Crippen LogP contribution in [0.25, 0.3) is 16.6 Å². The van der Waals surface area contributed by atoms with E-state index < -0.39 is 17.1 Å². The Labute approximate surface area is 245 Å². The van der Waals surface area contributed by atoms with E-state index in [1.165, 1.54) is 0 Å². The summed E-state index contributed by atoms with van der Waals surface area (Å²) in [4.78, 5) is 44.0. The molecule has 0 unspecified atom stereocenters. The molecule has 214 valence electrons. The smallest absolute Gasteiger partial charge is 0.316 e. The Morgan fingerprint density at radius 3 is 2.36 bits per heavy atom. The van der Waals surface area contributed by atoms with Crippen molar-refractivity contribution >= 4 is 28.9 Å².